The van der Waals surface area contributed by atoms with Gasteiger partial charge in [-0.05, 0) is 35.2 Å². The molecule has 0 spiro atoms. The van der Waals surface area contributed by atoms with E-state index in [0.717, 1.165) is 34.7 Å². The fourth-order valence-corrected chi connectivity index (χ4v) is 5.05. The topological polar surface area (TPSA) is 69.8 Å². The van der Waals surface area contributed by atoms with E-state index in [9.17, 15) is 10.1 Å². The first kappa shape index (κ1) is 19.1. The Kier molecular flexibility index (Phi) is 4.75. The monoisotopic (exact) mass is 469 g/mol. The Balaban J connectivity index is 1.65. The van der Waals surface area contributed by atoms with Gasteiger partial charge in [0.2, 0.25) is 6.79 Å². The van der Waals surface area contributed by atoms with Crippen molar-refractivity contribution in [3.8, 4) is 11.5 Å². The average molecular weight is 470 g/mol. The van der Waals surface area contributed by atoms with Gasteiger partial charge in [-0.2, -0.15) is 0 Å². The highest BCUT2D eigenvalue weighted by Gasteiger charge is 2.38. The first-order valence-electron chi connectivity index (χ1n) is 9.68. The van der Waals surface area contributed by atoms with Crippen molar-refractivity contribution >= 4 is 21.6 Å². The molecular formula is C22H20BrN3O4. The normalized spacial score (nSPS) is 20.2. The lowest BCUT2D eigenvalue weighted by molar-refractivity contribution is -0.384. The third-order valence-corrected chi connectivity index (χ3v) is 6.59. The van der Waals surface area contributed by atoms with E-state index >= 15 is 0 Å². The molecule has 8 heteroatoms. The number of aryl methyl sites for hydroxylation is 1. The smallest absolute Gasteiger partial charge is 0.287 e. The largest absolute Gasteiger partial charge is 0.454 e. The van der Waals surface area contributed by atoms with Crippen LogP contribution in [0.1, 0.15) is 28.4 Å². The summed E-state index contributed by atoms with van der Waals surface area (Å²) in [6, 6.07) is 15.8. The fourth-order valence-electron chi connectivity index (χ4n) is 4.32. The number of hydrogen-bond donors (Lipinski definition) is 0. The second-order valence-corrected chi connectivity index (χ2v) is 8.65. The van der Waals surface area contributed by atoms with Crippen LogP contribution in [0.25, 0.3) is 0 Å². The average Bonchev–Trinajstić information content (AvgIpc) is 3.34. The molecule has 0 radical (unpaired) electrons. The minimum absolute atomic E-state index is 0.0598. The Morgan fingerprint density at radius 2 is 1.90 bits per heavy atom. The maximum absolute atomic E-state index is 11.4. The van der Waals surface area contributed by atoms with E-state index in [1.54, 1.807) is 12.3 Å². The predicted octanol–water partition coefficient (Wildman–Crippen LogP) is 4.53. The van der Waals surface area contributed by atoms with Gasteiger partial charge in [0.05, 0.1) is 22.1 Å². The van der Waals surface area contributed by atoms with Crippen LogP contribution < -0.4 is 9.47 Å². The van der Waals surface area contributed by atoms with Crippen LogP contribution in [0.4, 0.5) is 5.69 Å². The van der Waals surface area contributed by atoms with Gasteiger partial charge < -0.3 is 14.0 Å². The minimum atomic E-state index is -0.347. The maximum Gasteiger partial charge on any atom is 0.287 e. The number of alkyl halides is 1. The van der Waals surface area contributed by atoms with Crippen molar-refractivity contribution in [2.45, 2.75) is 24.0 Å². The van der Waals surface area contributed by atoms with Crippen molar-refractivity contribution in [3.63, 3.8) is 0 Å². The summed E-state index contributed by atoms with van der Waals surface area (Å²) >= 11 is 3.87. The number of ether oxygens (including phenoxy) is 2. The fraction of sp³-hybridized carbons (Fsp3) is 0.273. The lowest BCUT2D eigenvalue weighted by atomic mass is 9.89. The molecule has 0 aliphatic carbocycles. The zero-order valence-corrected chi connectivity index (χ0v) is 17.9. The second kappa shape index (κ2) is 7.45. The summed E-state index contributed by atoms with van der Waals surface area (Å²) < 4.78 is 13.1. The van der Waals surface area contributed by atoms with Crippen LogP contribution >= 0.6 is 15.9 Å². The molecule has 7 nitrogen and oxygen atoms in total. The van der Waals surface area contributed by atoms with Gasteiger partial charge in [-0.1, -0.05) is 46.3 Å². The minimum Gasteiger partial charge on any atom is -0.454 e. The molecular weight excluding hydrogens is 450 g/mol. The van der Waals surface area contributed by atoms with Gasteiger partial charge in [-0.15, -0.1) is 0 Å². The van der Waals surface area contributed by atoms with Gasteiger partial charge in [-0.3, -0.25) is 15.0 Å². The van der Waals surface area contributed by atoms with Crippen molar-refractivity contribution in [2.75, 3.05) is 6.79 Å². The SMILES string of the molecule is Cn1cc([N+](=O)[O-])cc1C1c2cc3c(cc2CC(Br)N1Cc1ccccc1)OCO3. The first-order chi connectivity index (χ1) is 14.5. The highest BCUT2D eigenvalue weighted by molar-refractivity contribution is 9.09. The molecule has 0 bridgehead atoms. The lowest BCUT2D eigenvalue weighted by Crippen LogP contribution is -2.41. The van der Waals surface area contributed by atoms with Crippen molar-refractivity contribution in [1.82, 2.24) is 9.47 Å². The van der Waals surface area contributed by atoms with Gasteiger partial charge in [0, 0.05) is 25.4 Å². The van der Waals surface area contributed by atoms with E-state index in [-0.39, 0.29) is 28.4 Å². The zero-order valence-electron chi connectivity index (χ0n) is 16.3. The van der Waals surface area contributed by atoms with Crippen LogP contribution in [-0.2, 0) is 20.0 Å². The molecule has 5 rings (SSSR count). The lowest BCUT2D eigenvalue weighted by Gasteiger charge is -2.41. The zero-order chi connectivity index (χ0) is 20.8. The molecule has 2 aliphatic rings. The van der Waals surface area contributed by atoms with Gasteiger partial charge >= 0.3 is 0 Å². The third-order valence-electron chi connectivity index (χ3n) is 5.74. The summed E-state index contributed by atoms with van der Waals surface area (Å²) in [4.78, 5) is 13.5. The number of rotatable bonds is 4. The molecule has 2 unspecified atom stereocenters. The van der Waals surface area contributed by atoms with Crippen molar-refractivity contribution in [3.05, 3.63) is 87.2 Å². The second-order valence-electron chi connectivity index (χ2n) is 7.59. The van der Waals surface area contributed by atoms with Gasteiger partial charge in [-0.25, -0.2) is 0 Å². The Hall–Kier alpha value is -2.84. The molecule has 3 heterocycles. The van der Waals surface area contributed by atoms with Crippen LogP contribution in [0.2, 0.25) is 0 Å². The number of benzene rings is 2. The van der Waals surface area contributed by atoms with E-state index in [1.807, 2.05) is 41.9 Å². The first-order valence-corrected chi connectivity index (χ1v) is 10.6. The van der Waals surface area contributed by atoms with Crippen LogP contribution in [0.5, 0.6) is 11.5 Å². The molecule has 0 amide bonds. The standard InChI is InChI=1S/C22H20BrN3O4/c1-24-12-16(26(27)28)9-18(24)22-17-10-20-19(29-13-30-20)7-15(17)8-21(23)25(22)11-14-5-3-2-4-6-14/h2-7,9-10,12,21-22H,8,11,13H2,1H3. The molecule has 3 aromatic rings. The van der Waals surface area contributed by atoms with Gasteiger partial charge in [0.1, 0.15) is 0 Å². The number of nitrogens with zero attached hydrogens (tertiary/aromatic N) is 3. The van der Waals surface area contributed by atoms with Crippen LogP contribution in [0.15, 0.2) is 54.7 Å². The van der Waals surface area contributed by atoms with Gasteiger partial charge in [0.25, 0.3) is 5.69 Å². The predicted molar refractivity (Wildman–Crippen MR) is 115 cm³/mol. The molecule has 30 heavy (non-hydrogen) atoms. The summed E-state index contributed by atoms with van der Waals surface area (Å²) in [7, 11) is 1.85. The van der Waals surface area contributed by atoms with Crippen LogP contribution in [-0.4, -0.2) is 26.1 Å². The number of aromatic nitrogens is 1. The summed E-state index contributed by atoms with van der Waals surface area (Å²) in [6.45, 7) is 0.915. The van der Waals surface area contributed by atoms with E-state index in [0.29, 0.717) is 6.54 Å². The number of nitro groups is 1. The summed E-state index contributed by atoms with van der Waals surface area (Å²) in [6.07, 6.45) is 2.36. The highest BCUT2D eigenvalue weighted by Crippen LogP contribution is 2.46. The Bertz CT molecular complexity index is 1120. The summed E-state index contributed by atoms with van der Waals surface area (Å²) in [5, 5.41) is 11.4. The van der Waals surface area contributed by atoms with Crippen molar-refractivity contribution in [2.24, 2.45) is 7.05 Å². The maximum atomic E-state index is 11.4. The van der Waals surface area contributed by atoms with Crippen molar-refractivity contribution < 1.29 is 14.4 Å². The Morgan fingerprint density at radius 3 is 2.60 bits per heavy atom. The summed E-state index contributed by atoms with van der Waals surface area (Å²) in [5.74, 6) is 1.47. The number of fused-ring (bicyclic) bond motifs is 2. The highest BCUT2D eigenvalue weighted by atomic mass is 79.9. The molecule has 2 aromatic carbocycles. The molecule has 0 saturated heterocycles. The van der Waals surface area contributed by atoms with E-state index in [1.165, 1.54) is 5.56 Å². The van der Waals surface area contributed by atoms with E-state index < -0.39 is 0 Å². The van der Waals surface area contributed by atoms with Crippen LogP contribution in [0.3, 0.4) is 0 Å². The molecule has 154 valence electrons. The van der Waals surface area contributed by atoms with E-state index in [4.69, 9.17) is 9.47 Å². The number of hydrogen-bond acceptors (Lipinski definition) is 5. The molecule has 2 aliphatic heterocycles. The van der Waals surface area contributed by atoms with Crippen LogP contribution in [0, 0.1) is 10.1 Å². The quantitative estimate of drug-likeness (QED) is 0.243. The van der Waals surface area contributed by atoms with Crippen molar-refractivity contribution in [1.29, 1.82) is 0 Å². The Labute approximate surface area is 182 Å². The molecule has 1 aromatic heterocycles. The van der Waals surface area contributed by atoms with Gasteiger partial charge in [0.15, 0.2) is 11.5 Å². The third kappa shape index (κ3) is 3.26. The Morgan fingerprint density at radius 1 is 1.17 bits per heavy atom. The number of halogens is 1. The molecule has 0 saturated carbocycles. The molecule has 2 atom stereocenters. The molecule has 0 N–H and O–H groups in total. The summed E-state index contributed by atoms with van der Waals surface area (Å²) in [5.41, 5.74) is 4.37. The molecule has 0 fully saturated rings. The van der Waals surface area contributed by atoms with E-state index in [2.05, 4.69) is 33.0 Å².